The van der Waals surface area contributed by atoms with Crippen molar-refractivity contribution in [2.24, 2.45) is 0 Å². The minimum atomic E-state index is -3.93. The van der Waals surface area contributed by atoms with Crippen LogP contribution in [0.15, 0.2) is 40.6 Å². The summed E-state index contributed by atoms with van der Waals surface area (Å²) in [5.41, 5.74) is 0. The number of likely N-dealkylation sites (N-methyl/N-ethyl adjacent to an activating group) is 1. The Morgan fingerprint density at radius 2 is 1.87 bits per heavy atom. The van der Waals surface area contributed by atoms with Gasteiger partial charge in [0.15, 0.2) is 31.2 Å². The second-order valence-corrected chi connectivity index (χ2v) is 13.0. The van der Waals surface area contributed by atoms with Gasteiger partial charge in [0.05, 0.1) is 41.9 Å². The molecule has 11 heteroatoms. The number of ether oxygens (including phenoxy) is 2. The smallest absolute Gasteiger partial charge is 0.183 e. The van der Waals surface area contributed by atoms with Gasteiger partial charge in [0.25, 0.3) is 0 Å². The molecular weight excluding hydrogens is 460 g/mol. The third kappa shape index (κ3) is 5.23. The molecule has 1 aromatic heterocycles. The number of thiophene rings is 1. The van der Waals surface area contributed by atoms with Crippen molar-refractivity contribution in [1.29, 1.82) is 0 Å². The SMILES string of the molecule is COc1ccc(S(=O)(=O)[C@H]2CS(=O)(=O)C[C@@H]2NCC(c2cccs2)N(C)C)cc1OC. The van der Waals surface area contributed by atoms with Crippen LogP contribution >= 0.6 is 11.3 Å². The maximum atomic E-state index is 13.4. The zero-order chi connectivity index (χ0) is 22.8. The van der Waals surface area contributed by atoms with Crippen LogP contribution in [0.2, 0.25) is 0 Å². The normalized spacial score (nSPS) is 21.8. The van der Waals surface area contributed by atoms with E-state index >= 15 is 0 Å². The Kier molecular flexibility index (Phi) is 7.32. The highest BCUT2D eigenvalue weighted by Gasteiger charge is 2.46. The lowest BCUT2D eigenvalue weighted by atomic mass is 10.2. The van der Waals surface area contributed by atoms with Gasteiger partial charge in [0.2, 0.25) is 0 Å². The predicted octanol–water partition coefficient (Wildman–Crippen LogP) is 1.60. The minimum Gasteiger partial charge on any atom is -0.493 e. The first kappa shape index (κ1) is 24.0. The van der Waals surface area contributed by atoms with Gasteiger partial charge in [-0.05, 0) is 37.7 Å². The number of nitrogens with zero attached hydrogens (tertiary/aromatic N) is 1. The minimum absolute atomic E-state index is 0.00717. The van der Waals surface area contributed by atoms with Gasteiger partial charge >= 0.3 is 0 Å². The van der Waals surface area contributed by atoms with E-state index in [2.05, 4.69) is 5.32 Å². The molecule has 2 heterocycles. The topological polar surface area (TPSA) is 102 Å². The van der Waals surface area contributed by atoms with Crippen molar-refractivity contribution in [2.75, 3.05) is 46.4 Å². The Balaban J connectivity index is 1.87. The first-order valence-corrected chi connectivity index (χ1v) is 13.9. The van der Waals surface area contributed by atoms with E-state index in [4.69, 9.17) is 9.47 Å². The van der Waals surface area contributed by atoms with Crippen LogP contribution in [0.4, 0.5) is 0 Å². The average molecular weight is 489 g/mol. The molecule has 1 N–H and O–H groups in total. The van der Waals surface area contributed by atoms with Crippen molar-refractivity contribution in [3.8, 4) is 11.5 Å². The summed E-state index contributed by atoms with van der Waals surface area (Å²) < 4.78 is 62.0. The predicted molar refractivity (Wildman–Crippen MR) is 122 cm³/mol. The van der Waals surface area contributed by atoms with Crippen molar-refractivity contribution >= 4 is 31.0 Å². The number of rotatable bonds is 9. The maximum Gasteiger partial charge on any atom is 0.183 e. The second-order valence-electron chi connectivity index (χ2n) is 7.69. The molecule has 0 spiro atoms. The van der Waals surface area contributed by atoms with E-state index in [0.29, 0.717) is 12.3 Å². The molecule has 3 rings (SSSR count). The van der Waals surface area contributed by atoms with Crippen molar-refractivity contribution in [3.05, 3.63) is 40.6 Å². The van der Waals surface area contributed by atoms with Gasteiger partial charge in [-0.15, -0.1) is 11.3 Å². The summed E-state index contributed by atoms with van der Waals surface area (Å²) in [7, 11) is -0.658. The first-order chi connectivity index (χ1) is 14.6. The lowest BCUT2D eigenvalue weighted by Gasteiger charge is -2.27. The van der Waals surface area contributed by atoms with Crippen molar-refractivity contribution in [1.82, 2.24) is 10.2 Å². The summed E-state index contributed by atoms with van der Waals surface area (Å²) in [6.07, 6.45) is 0. The Hall–Kier alpha value is -1.66. The summed E-state index contributed by atoms with van der Waals surface area (Å²) in [5, 5.41) is 4.14. The Morgan fingerprint density at radius 1 is 1.16 bits per heavy atom. The molecule has 1 aliphatic heterocycles. The highest BCUT2D eigenvalue weighted by molar-refractivity contribution is 7.96. The molecule has 0 amide bonds. The van der Waals surface area contributed by atoms with Gasteiger partial charge in [-0.2, -0.15) is 0 Å². The lowest BCUT2D eigenvalue weighted by Crippen LogP contribution is -2.46. The van der Waals surface area contributed by atoms with Crippen LogP contribution in [0.1, 0.15) is 10.9 Å². The zero-order valence-electron chi connectivity index (χ0n) is 17.9. The van der Waals surface area contributed by atoms with Crippen LogP contribution in [-0.2, 0) is 19.7 Å². The summed E-state index contributed by atoms with van der Waals surface area (Å²) in [6, 6.07) is 7.59. The number of methoxy groups -OCH3 is 2. The summed E-state index contributed by atoms with van der Waals surface area (Å²) in [6.45, 7) is 0.436. The molecule has 1 aromatic carbocycles. The summed E-state index contributed by atoms with van der Waals surface area (Å²) >= 11 is 1.61. The first-order valence-electron chi connectivity index (χ1n) is 9.68. The van der Waals surface area contributed by atoms with Gasteiger partial charge < -0.3 is 19.7 Å². The molecule has 8 nitrogen and oxygen atoms in total. The molecule has 31 heavy (non-hydrogen) atoms. The molecule has 0 radical (unpaired) electrons. The maximum absolute atomic E-state index is 13.4. The number of hydrogen-bond donors (Lipinski definition) is 1. The fraction of sp³-hybridized carbons (Fsp3) is 0.500. The lowest BCUT2D eigenvalue weighted by molar-refractivity contribution is 0.285. The molecule has 172 valence electrons. The van der Waals surface area contributed by atoms with Crippen LogP contribution in [-0.4, -0.2) is 79.4 Å². The molecule has 1 saturated heterocycles. The number of hydrogen-bond acceptors (Lipinski definition) is 9. The van der Waals surface area contributed by atoms with Crippen LogP contribution in [0.5, 0.6) is 11.5 Å². The van der Waals surface area contributed by atoms with Crippen LogP contribution in [0.3, 0.4) is 0 Å². The Morgan fingerprint density at radius 3 is 2.45 bits per heavy atom. The van der Waals surface area contributed by atoms with Gasteiger partial charge in [0.1, 0.15) is 0 Å². The molecule has 3 atom stereocenters. The van der Waals surface area contributed by atoms with E-state index < -0.39 is 36.7 Å². The highest BCUT2D eigenvalue weighted by atomic mass is 32.2. The standard InChI is InChI=1S/C20H28N2O6S3/c1-22(2)16(19-6-5-9-29-19)11-21-15-12-30(23,24)13-20(15)31(25,26)14-7-8-17(27-3)18(10-14)28-4/h5-10,15-16,20-21H,11-13H2,1-4H3/t15-,16?,20-/m0/s1. The molecular formula is C20H28N2O6S3. The van der Waals surface area contributed by atoms with Crippen LogP contribution < -0.4 is 14.8 Å². The van der Waals surface area contributed by atoms with E-state index in [0.717, 1.165) is 4.88 Å². The monoisotopic (exact) mass is 488 g/mol. The van der Waals surface area contributed by atoms with Crippen molar-refractivity contribution in [3.63, 3.8) is 0 Å². The molecule has 1 unspecified atom stereocenters. The third-order valence-electron chi connectivity index (χ3n) is 5.45. The molecule has 0 bridgehead atoms. The third-order valence-corrected chi connectivity index (χ3v) is 10.6. The van der Waals surface area contributed by atoms with Gasteiger partial charge in [0, 0.05) is 23.5 Å². The van der Waals surface area contributed by atoms with E-state index in [9.17, 15) is 16.8 Å². The van der Waals surface area contributed by atoms with Crippen LogP contribution in [0, 0.1) is 0 Å². The molecule has 0 aliphatic carbocycles. The Bertz CT molecular complexity index is 1100. The van der Waals surface area contributed by atoms with E-state index in [-0.39, 0.29) is 22.4 Å². The van der Waals surface area contributed by atoms with E-state index in [1.54, 1.807) is 11.3 Å². The largest absolute Gasteiger partial charge is 0.493 e. The average Bonchev–Trinajstić information content (AvgIpc) is 3.35. The van der Waals surface area contributed by atoms with Crippen LogP contribution in [0.25, 0.3) is 0 Å². The van der Waals surface area contributed by atoms with Gasteiger partial charge in [-0.3, -0.25) is 0 Å². The molecule has 1 aliphatic rings. The van der Waals surface area contributed by atoms with E-state index in [1.165, 1.54) is 32.4 Å². The second kappa shape index (κ2) is 9.45. The van der Waals surface area contributed by atoms with Crippen molar-refractivity contribution in [2.45, 2.75) is 22.2 Å². The Labute approximate surface area is 188 Å². The number of sulfone groups is 2. The van der Waals surface area contributed by atoms with E-state index in [1.807, 2.05) is 36.5 Å². The quantitative estimate of drug-likeness (QED) is 0.568. The zero-order valence-corrected chi connectivity index (χ0v) is 20.4. The molecule has 2 aromatic rings. The number of nitrogens with one attached hydrogen (secondary N) is 1. The highest BCUT2D eigenvalue weighted by Crippen LogP contribution is 2.33. The number of benzene rings is 1. The van der Waals surface area contributed by atoms with Gasteiger partial charge in [-0.25, -0.2) is 16.8 Å². The summed E-state index contributed by atoms with van der Waals surface area (Å²) in [5.74, 6) is 0.0566. The summed E-state index contributed by atoms with van der Waals surface area (Å²) in [4.78, 5) is 3.17. The fourth-order valence-corrected chi connectivity index (χ4v) is 9.41. The molecule has 1 fully saturated rings. The van der Waals surface area contributed by atoms with Gasteiger partial charge in [-0.1, -0.05) is 6.07 Å². The van der Waals surface area contributed by atoms with Crippen molar-refractivity contribution < 1.29 is 26.3 Å². The fourth-order valence-electron chi connectivity index (χ4n) is 3.76. The molecule has 0 saturated carbocycles.